The van der Waals surface area contributed by atoms with Gasteiger partial charge in [0.15, 0.2) is 5.41 Å². The van der Waals surface area contributed by atoms with Crippen molar-refractivity contribution in [3.05, 3.63) is 95.1 Å². The van der Waals surface area contributed by atoms with Crippen molar-refractivity contribution in [3.8, 4) is 11.5 Å². The second-order valence-electron chi connectivity index (χ2n) is 10.6. The van der Waals surface area contributed by atoms with Crippen LogP contribution in [0.1, 0.15) is 84.6 Å². The number of allylic oxidation sites excluding steroid dienone is 6. The highest BCUT2D eigenvalue weighted by atomic mass is 16.5. The molecule has 5 heteroatoms. The van der Waals surface area contributed by atoms with Crippen molar-refractivity contribution in [1.82, 2.24) is 0 Å². The Bertz CT molecular complexity index is 1140. The van der Waals surface area contributed by atoms with Gasteiger partial charge in [0, 0.05) is 0 Å². The minimum atomic E-state index is -1.81. The van der Waals surface area contributed by atoms with Gasteiger partial charge in [-0.2, -0.15) is 0 Å². The van der Waals surface area contributed by atoms with Crippen molar-refractivity contribution in [3.63, 3.8) is 0 Å². The molecule has 0 fully saturated rings. The van der Waals surface area contributed by atoms with Gasteiger partial charge in [0.1, 0.15) is 11.5 Å². The highest BCUT2D eigenvalue weighted by Crippen LogP contribution is 2.32. The second kappa shape index (κ2) is 16.4. The van der Waals surface area contributed by atoms with Crippen LogP contribution < -0.4 is 4.74 Å². The van der Waals surface area contributed by atoms with E-state index >= 15 is 0 Å². The van der Waals surface area contributed by atoms with Crippen LogP contribution >= 0.6 is 0 Å². The molecule has 0 heterocycles. The van der Waals surface area contributed by atoms with Gasteiger partial charge in [-0.1, -0.05) is 71.7 Å². The summed E-state index contributed by atoms with van der Waals surface area (Å²) in [6.45, 7) is 8.28. The average Bonchev–Trinajstić information content (AvgIpc) is 2.88. The maximum atomic E-state index is 12.2. The van der Waals surface area contributed by atoms with E-state index < -0.39 is 17.4 Å². The Morgan fingerprint density at radius 1 is 0.769 bits per heavy atom. The van der Waals surface area contributed by atoms with Crippen LogP contribution in [0.2, 0.25) is 0 Å². The van der Waals surface area contributed by atoms with Crippen LogP contribution in [0, 0.1) is 5.41 Å². The third kappa shape index (κ3) is 11.4. The summed E-state index contributed by atoms with van der Waals surface area (Å²) in [7, 11) is 0. The molecule has 0 radical (unpaired) electrons. The molecule has 2 aromatic carbocycles. The fourth-order valence-corrected chi connectivity index (χ4v) is 4.41. The minimum absolute atomic E-state index is 0.00678. The molecule has 0 aromatic heterocycles. The molecule has 2 rings (SSSR count). The first-order valence-corrected chi connectivity index (χ1v) is 13.9. The monoisotopic (exact) mass is 532 g/mol. The highest BCUT2D eigenvalue weighted by molar-refractivity contribution is 5.98. The lowest BCUT2D eigenvalue weighted by molar-refractivity contribution is -0.165. The number of rotatable bonds is 17. The van der Waals surface area contributed by atoms with Gasteiger partial charge in [-0.25, -0.2) is 0 Å². The SMILES string of the molecule is CC(C)=CCCC(C)=CCCC(C)=CCC(CCCCc1cccc(Oc2ccccc2)c1)(C(=O)O)C(=O)O. The summed E-state index contributed by atoms with van der Waals surface area (Å²) in [6.07, 6.45) is 12.0. The molecule has 0 aliphatic heterocycles. The van der Waals surface area contributed by atoms with Crippen LogP contribution in [0.3, 0.4) is 0 Å². The van der Waals surface area contributed by atoms with Gasteiger partial charge < -0.3 is 14.9 Å². The molecule has 0 atom stereocenters. The Morgan fingerprint density at radius 2 is 1.38 bits per heavy atom. The van der Waals surface area contributed by atoms with Gasteiger partial charge >= 0.3 is 11.9 Å². The molecule has 0 amide bonds. The van der Waals surface area contributed by atoms with E-state index in [9.17, 15) is 19.8 Å². The number of para-hydroxylation sites is 1. The molecule has 0 spiro atoms. The molecule has 5 nitrogen and oxygen atoms in total. The first-order valence-electron chi connectivity index (χ1n) is 13.9. The Balaban J connectivity index is 1.91. The van der Waals surface area contributed by atoms with Crippen LogP contribution in [0.4, 0.5) is 0 Å². The van der Waals surface area contributed by atoms with E-state index in [2.05, 4.69) is 32.9 Å². The summed E-state index contributed by atoms with van der Waals surface area (Å²) in [5, 5.41) is 19.9. The smallest absolute Gasteiger partial charge is 0.321 e. The topological polar surface area (TPSA) is 83.8 Å². The number of ether oxygens (including phenoxy) is 1. The number of hydrogen-bond donors (Lipinski definition) is 2. The largest absolute Gasteiger partial charge is 0.480 e. The zero-order valence-corrected chi connectivity index (χ0v) is 23.9. The number of carbonyl (C=O) groups is 2. The number of benzene rings is 2. The third-order valence-corrected chi connectivity index (χ3v) is 6.94. The lowest BCUT2D eigenvalue weighted by Crippen LogP contribution is -2.39. The Labute approximate surface area is 233 Å². The maximum Gasteiger partial charge on any atom is 0.321 e. The number of aliphatic carboxylic acids is 2. The summed E-state index contributed by atoms with van der Waals surface area (Å²) < 4.78 is 5.90. The minimum Gasteiger partial charge on any atom is -0.480 e. The van der Waals surface area contributed by atoms with E-state index in [0.29, 0.717) is 12.8 Å². The van der Waals surface area contributed by atoms with Crippen LogP contribution in [0.25, 0.3) is 0 Å². The van der Waals surface area contributed by atoms with Gasteiger partial charge in [0.05, 0.1) is 0 Å². The summed E-state index contributed by atoms with van der Waals surface area (Å²) in [6, 6.07) is 17.4. The van der Waals surface area contributed by atoms with Crippen LogP contribution in [-0.4, -0.2) is 22.2 Å². The summed E-state index contributed by atoms with van der Waals surface area (Å²) in [5.74, 6) is -1.04. The average molecular weight is 533 g/mol. The molecule has 0 saturated heterocycles. The van der Waals surface area contributed by atoms with Crippen LogP contribution in [0.5, 0.6) is 11.5 Å². The second-order valence-corrected chi connectivity index (χ2v) is 10.6. The van der Waals surface area contributed by atoms with E-state index in [0.717, 1.165) is 54.7 Å². The number of unbranched alkanes of at least 4 members (excludes halogenated alkanes) is 1. The van der Waals surface area contributed by atoms with Crippen molar-refractivity contribution in [1.29, 1.82) is 0 Å². The number of carboxylic acids is 2. The molecule has 0 saturated carbocycles. The first-order chi connectivity index (χ1) is 18.6. The standard InChI is InChI=1S/C34H44O5/c1-26(2)13-10-14-27(3)15-11-16-28(4)22-24-34(32(35)36,33(37)38)23-9-8-17-29-18-12-21-31(25-29)39-30-19-6-5-7-20-30/h5-7,12-13,15,18-22,25H,8-11,14,16-17,23-24H2,1-4H3,(H,35,36)(H,37,38). The fraction of sp³-hybridized carbons (Fsp3) is 0.412. The first kappa shape index (κ1) is 31.6. The Morgan fingerprint density at radius 3 is 2.03 bits per heavy atom. The molecular formula is C34H44O5. The van der Waals surface area contributed by atoms with Gasteiger partial charge in [-0.15, -0.1) is 0 Å². The fourth-order valence-electron chi connectivity index (χ4n) is 4.41. The number of carboxylic acid groups (broad SMARTS) is 2. The van der Waals surface area contributed by atoms with Crippen molar-refractivity contribution >= 4 is 11.9 Å². The van der Waals surface area contributed by atoms with E-state index in [-0.39, 0.29) is 12.8 Å². The summed E-state index contributed by atoms with van der Waals surface area (Å²) in [4.78, 5) is 24.3. The molecule has 0 bridgehead atoms. The quantitative estimate of drug-likeness (QED) is 0.121. The number of aryl methyl sites for hydroxylation is 1. The van der Waals surface area contributed by atoms with Crippen LogP contribution in [-0.2, 0) is 16.0 Å². The van der Waals surface area contributed by atoms with Crippen molar-refractivity contribution < 1.29 is 24.5 Å². The molecule has 2 N–H and O–H groups in total. The molecule has 210 valence electrons. The maximum absolute atomic E-state index is 12.2. The van der Waals surface area contributed by atoms with Crippen LogP contribution in [0.15, 0.2) is 89.5 Å². The zero-order chi connectivity index (χ0) is 28.7. The van der Waals surface area contributed by atoms with E-state index in [1.807, 2.05) is 61.5 Å². The Hall–Kier alpha value is -3.60. The lowest BCUT2D eigenvalue weighted by Gasteiger charge is -2.24. The molecule has 0 aliphatic rings. The summed E-state index contributed by atoms with van der Waals surface area (Å²) in [5.41, 5.74) is 2.94. The van der Waals surface area contributed by atoms with Gasteiger partial charge in [-0.05, 0) is 109 Å². The normalized spacial score (nSPS) is 12.2. The van der Waals surface area contributed by atoms with E-state index in [1.165, 1.54) is 11.1 Å². The number of hydrogen-bond acceptors (Lipinski definition) is 3. The predicted octanol–water partition coefficient (Wildman–Crippen LogP) is 9.16. The van der Waals surface area contributed by atoms with Gasteiger partial charge in [0.2, 0.25) is 0 Å². The molecular weight excluding hydrogens is 488 g/mol. The predicted molar refractivity (Wildman–Crippen MR) is 158 cm³/mol. The third-order valence-electron chi connectivity index (χ3n) is 6.94. The molecule has 2 aromatic rings. The zero-order valence-electron chi connectivity index (χ0n) is 23.9. The van der Waals surface area contributed by atoms with Crippen molar-refractivity contribution in [2.45, 2.75) is 85.5 Å². The summed E-state index contributed by atoms with van der Waals surface area (Å²) >= 11 is 0. The van der Waals surface area contributed by atoms with E-state index in [4.69, 9.17) is 4.74 Å². The van der Waals surface area contributed by atoms with Gasteiger partial charge in [-0.3, -0.25) is 9.59 Å². The van der Waals surface area contributed by atoms with Crippen molar-refractivity contribution in [2.75, 3.05) is 0 Å². The molecule has 39 heavy (non-hydrogen) atoms. The molecule has 0 aliphatic carbocycles. The Kier molecular flexibility index (Phi) is 13.3. The van der Waals surface area contributed by atoms with Crippen molar-refractivity contribution in [2.24, 2.45) is 5.41 Å². The molecule has 0 unspecified atom stereocenters. The van der Waals surface area contributed by atoms with Gasteiger partial charge in [0.25, 0.3) is 0 Å². The highest BCUT2D eigenvalue weighted by Gasteiger charge is 2.45. The van der Waals surface area contributed by atoms with E-state index in [1.54, 1.807) is 6.08 Å². The lowest BCUT2D eigenvalue weighted by atomic mass is 9.78.